The number of Topliss-reactive ketones (excluding diaryl/α,β-unsaturated/α-hetero) is 1. The Morgan fingerprint density at radius 2 is 2.23 bits per heavy atom. The van der Waals surface area contributed by atoms with E-state index in [9.17, 15) is 4.79 Å². The maximum atomic E-state index is 11.0. The van der Waals surface area contributed by atoms with Crippen molar-refractivity contribution in [2.45, 2.75) is 17.2 Å². The van der Waals surface area contributed by atoms with Gasteiger partial charge in [-0.3, -0.25) is 4.79 Å². The lowest BCUT2D eigenvalue weighted by molar-refractivity contribution is -0.116. The van der Waals surface area contributed by atoms with Crippen LogP contribution in [0, 0.1) is 0 Å². The molecule has 2 nitrogen and oxygen atoms in total. The van der Waals surface area contributed by atoms with Gasteiger partial charge in [0.2, 0.25) is 0 Å². The van der Waals surface area contributed by atoms with E-state index in [-0.39, 0.29) is 11.5 Å². The Hall–Kier alpha value is -0.670. The Labute approximate surface area is 86.9 Å². The van der Waals surface area contributed by atoms with Gasteiger partial charge in [0.1, 0.15) is 11.1 Å². The van der Waals surface area contributed by atoms with Crippen LogP contribution in [0.3, 0.4) is 0 Å². The molecular formula is C9H9ClO2S. The lowest BCUT2D eigenvalue weighted by atomic mass is 10.1. The minimum Gasteiger partial charge on any atom is -0.508 e. The lowest BCUT2D eigenvalue weighted by Crippen LogP contribution is -2.02. The number of phenols is 1. The van der Waals surface area contributed by atoms with Crippen molar-refractivity contribution in [1.29, 1.82) is 0 Å². The van der Waals surface area contributed by atoms with Crippen LogP contribution in [0.25, 0.3) is 0 Å². The number of ketones is 1. The highest BCUT2D eigenvalue weighted by molar-refractivity contribution is 7.80. The van der Waals surface area contributed by atoms with E-state index >= 15 is 0 Å². The number of thiol groups is 1. The molecule has 0 spiro atoms. The summed E-state index contributed by atoms with van der Waals surface area (Å²) in [7, 11) is 0. The predicted molar refractivity (Wildman–Crippen MR) is 54.6 cm³/mol. The molecule has 70 valence electrons. The minimum atomic E-state index is -0.687. The van der Waals surface area contributed by atoms with Crippen LogP contribution in [0.4, 0.5) is 0 Å². The van der Waals surface area contributed by atoms with Crippen LogP contribution in [-0.2, 0) is 4.79 Å². The van der Waals surface area contributed by atoms with E-state index in [1.807, 2.05) is 0 Å². The van der Waals surface area contributed by atoms with Crippen LogP contribution in [-0.4, -0.2) is 10.9 Å². The van der Waals surface area contributed by atoms with E-state index < -0.39 is 5.38 Å². The minimum absolute atomic E-state index is 0.112. The number of hydrogen-bond acceptors (Lipinski definition) is 3. The molecule has 0 aromatic heterocycles. The Balaban J connectivity index is 3.08. The SMILES string of the molecule is CC(=O)C(Cl)c1ccc(O)cc1S. The van der Waals surface area contributed by atoms with E-state index in [1.165, 1.54) is 19.1 Å². The molecule has 0 amide bonds. The normalized spacial score (nSPS) is 12.5. The van der Waals surface area contributed by atoms with Gasteiger partial charge in [-0.25, -0.2) is 0 Å². The Morgan fingerprint density at radius 1 is 1.62 bits per heavy atom. The number of hydrogen-bond donors (Lipinski definition) is 2. The standard InChI is InChI=1S/C9H9ClO2S/c1-5(11)9(10)7-3-2-6(12)4-8(7)13/h2-4,9,12-13H,1H3. The van der Waals surface area contributed by atoms with Crippen molar-refractivity contribution in [3.8, 4) is 5.75 Å². The number of halogens is 1. The quantitative estimate of drug-likeness (QED) is 0.589. The number of rotatable bonds is 2. The van der Waals surface area contributed by atoms with E-state index in [0.717, 1.165) is 0 Å². The fraction of sp³-hybridized carbons (Fsp3) is 0.222. The molecule has 1 N–H and O–H groups in total. The van der Waals surface area contributed by atoms with Gasteiger partial charge >= 0.3 is 0 Å². The van der Waals surface area contributed by atoms with Crippen molar-refractivity contribution in [3.05, 3.63) is 23.8 Å². The molecule has 0 saturated heterocycles. The Kier molecular flexibility index (Phi) is 3.22. The van der Waals surface area contributed by atoms with Gasteiger partial charge in [-0.1, -0.05) is 6.07 Å². The second-order valence-electron chi connectivity index (χ2n) is 2.72. The molecule has 0 aliphatic heterocycles. The number of carbonyl (C=O) groups is 1. The van der Waals surface area contributed by atoms with Gasteiger partial charge in [0.15, 0.2) is 5.78 Å². The topological polar surface area (TPSA) is 37.3 Å². The molecule has 1 unspecified atom stereocenters. The van der Waals surface area contributed by atoms with Gasteiger partial charge in [-0.15, -0.1) is 24.2 Å². The highest BCUT2D eigenvalue weighted by Crippen LogP contribution is 2.29. The molecule has 13 heavy (non-hydrogen) atoms. The van der Waals surface area contributed by atoms with Gasteiger partial charge in [-0.2, -0.15) is 0 Å². The number of carbonyl (C=O) groups excluding carboxylic acids is 1. The summed E-state index contributed by atoms with van der Waals surface area (Å²) in [6, 6.07) is 4.53. The predicted octanol–water partition coefficient (Wildman–Crippen LogP) is 2.55. The van der Waals surface area contributed by atoms with Crippen LogP contribution >= 0.6 is 24.2 Å². The van der Waals surface area contributed by atoms with Gasteiger partial charge in [0.25, 0.3) is 0 Å². The average Bonchev–Trinajstić information content (AvgIpc) is 2.03. The summed E-state index contributed by atoms with van der Waals surface area (Å²) < 4.78 is 0. The zero-order valence-corrected chi connectivity index (χ0v) is 8.64. The van der Waals surface area contributed by atoms with Crippen molar-refractivity contribution in [1.82, 2.24) is 0 Å². The van der Waals surface area contributed by atoms with Gasteiger partial charge in [0, 0.05) is 4.90 Å². The first-order valence-electron chi connectivity index (χ1n) is 3.68. The molecule has 1 aromatic rings. The zero-order chi connectivity index (χ0) is 10.0. The molecule has 1 aromatic carbocycles. The first kappa shape index (κ1) is 10.4. The maximum Gasteiger partial charge on any atom is 0.152 e. The summed E-state index contributed by atoms with van der Waals surface area (Å²) in [6.45, 7) is 1.41. The molecule has 0 saturated carbocycles. The molecule has 0 fully saturated rings. The van der Waals surface area contributed by atoms with E-state index in [0.29, 0.717) is 10.5 Å². The summed E-state index contributed by atoms with van der Waals surface area (Å²) in [4.78, 5) is 11.5. The van der Waals surface area contributed by atoms with Crippen molar-refractivity contribution >= 4 is 30.0 Å². The number of aromatic hydroxyl groups is 1. The van der Waals surface area contributed by atoms with Gasteiger partial charge in [0.05, 0.1) is 0 Å². The van der Waals surface area contributed by atoms with Crippen LogP contribution in [0.1, 0.15) is 17.9 Å². The maximum absolute atomic E-state index is 11.0. The highest BCUT2D eigenvalue weighted by atomic mass is 35.5. The van der Waals surface area contributed by atoms with Crippen LogP contribution in [0.2, 0.25) is 0 Å². The zero-order valence-electron chi connectivity index (χ0n) is 6.99. The first-order chi connectivity index (χ1) is 6.02. The molecule has 0 heterocycles. The van der Waals surface area contributed by atoms with E-state index in [4.69, 9.17) is 16.7 Å². The molecule has 0 bridgehead atoms. The molecule has 0 radical (unpaired) electrons. The van der Waals surface area contributed by atoms with Crippen LogP contribution in [0.5, 0.6) is 5.75 Å². The summed E-state index contributed by atoms with van der Waals surface area (Å²) in [5.74, 6) is -0.0242. The Morgan fingerprint density at radius 3 is 2.69 bits per heavy atom. The monoisotopic (exact) mass is 216 g/mol. The molecule has 1 rings (SSSR count). The number of alkyl halides is 1. The number of benzene rings is 1. The molecular weight excluding hydrogens is 208 g/mol. The molecule has 4 heteroatoms. The third-order valence-corrected chi connectivity index (χ3v) is 2.57. The summed E-state index contributed by atoms with van der Waals surface area (Å²) in [6.07, 6.45) is 0. The van der Waals surface area contributed by atoms with Crippen molar-refractivity contribution < 1.29 is 9.90 Å². The van der Waals surface area contributed by atoms with Crippen LogP contribution in [0.15, 0.2) is 23.1 Å². The smallest absolute Gasteiger partial charge is 0.152 e. The Bertz CT molecular complexity index is 338. The number of phenolic OH excluding ortho intramolecular Hbond substituents is 1. The van der Waals surface area contributed by atoms with E-state index in [1.54, 1.807) is 6.07 Å². The third kappa shape index (κ3) is 2.39. The fourth-order valence-corrected chi connectivity index (χ4v) is 1.57. The summed E-state index contributed by atoms with van der Waals surface area (Å²) in [5, 5.41) is 8.39. The molecule has 0 aliphatic rings. The van der Waals surface area contributed by atoms with Crippen molar-refractivity contribution in [3.63, 3.8) is 0 Å². The second-order valence-corrected chi connectivity index (χ2v) is 3.63. The largest absolute Gasteiger partial charge is 0.508 e. The summed E-state index contributed by atoms with van der Waals surface area (Å²) >= 11 is 9.92. The van der Waals surface area contributed by atoms with Crippen molar-refractivity contribution in [2.75, 3.05) is 0 Å². The third-order valence-electron chi connectivity index (χ3n) is 1.64. The van der Waals surface area contributed by atoms with Gasteiger partial charge < -0.3 is 5.11 Å². The summed E-state index contributed by atoms with van der Waals surface area (Å²) in [5.41, 5.74) is 0.621. The first-order valence-corrected chi connectivity index (χ1v) is 4.57. The fourth-order valence-electron chi connectivity index (χ4n) is 0.965. The van der Waals surface area contributed by atoms with Gasteiger partial charge in [-0.05, 0) is 24.6 Å². The molecule has 0 aliphatic carbocycles. The molecule has 1 atom stereocenters. The van der Waals surface area contributed by atoms with Crippen molar-refractivity contribution in [2.24, 2.45) is 0 Å². The lowest BCUT2D eigenvalue weighted by Gasteiger charge is -2.08. The van der Waals surface area contributed by atoms with Crippen LogP contribution < -0.4 is 0 Å². The average molecular weight is 217 g/mol. The van der Waals surface area contributed by atoms with E-state index in [2.05, 4.69) is 12.6 Å². The second kappa shape index (κ2) is 4.03. The highest BCUT2D eigenvalue weighted by Gasteiger charge is 2.15.